The molecule has 0 aliphatic rings. The molecule has 394 valence electrons. The first-order valence-corrected chi connectivity index (χ1v) is 29.5. The van der Waals surface area contributed by atoms with Crippen LogP contribution in [-0.2, 0) is 23.8 Å². The van der Waals surface area contributed by atoms with Gasteiger partial charge in [-0.1, -0.05) is 267 Å². The molecule has 0 spiro atoms. The molecule has 0 aromatic heterocycles. The molecule has 0 saturated carbocycles. The van der Waals surface area contributed by atoms with Crippen molar-refractivity contribution in [2.24, 2.45) is 0 Å². The zero-order valence-corrected chi connectivity index (χ0v) is 45.4. The third-order valence-corrected chi connectivity index (χ3v) is 12.7. The van der Waals surface area contributed by atoms with Crippen molar-refractivity contribution in [3.63, 3.8) is 0 Å². The van der Waals surface area contributed by atoms with Crippen LogP contribution >= 0.6 is 0 Å². The summed E-state index contributed by atoms with van der Waals surface area (Å²) in [5.74, 6) is -0.453. The highest BCUT2D eigenvalue weighted by atomic mass is 16.6. The highest BCUT2D eigenvalue weighted by Gasteiger charge is 2.17. The fourth-order valence-corrected chi connectivity index (χ4v) is 8.37. The van der Waals surface area contributed by atoms with Crippen LogP contribution in [0.3, 0.4) is 0 Å². The second-order valence-corrected chi connectivity index (χ2v) is 19.5. The molecule has 0 aromatic carbocycles. The van der Waals surface area contributed by atoms with Crippen LogP contribution in [0.15, 0.2) is 72.9 Å². The molecule has 0 radical (unpaired) electrons. The minimum atomic E-state index is -0.560. The van der Waals surface area contributed by atoms with Crippen molar-refractivity contribution in [3.05, 3.63) is 72.9 Å². The van der Waals surface area contributed by atoms with Crippen LogP contribution < -0.4 is 0 Å². The van der Waals surface area contributed by atoms with Crippen LogP contribution in [0.25, 0.3) is 0 Å². The van der Waals surface area contributed by atoms with Gasteiger partial charge in [-0.15, -0.1) is 0 Å². The van der Waals surface area contributed by atoms with Gasteiger partial charge in [-0.05, 0) is 83.5 Å². The Balaban J connectivity index is 4.32. The van der Waals surface area contributed by atoms with Crippen molar-refractivity contribution in [1.29, 1.82) is 0 Å². The highest BCUT2D eigenvalue weighted by Crippen LogP contribution is 2.16. The van der Waals surface area contributed by atoms with Gasteiger partial charge < -0.3 is 14.2 Å². The lowest BCUT2D eigenvalue weighted by atomic mass is 10.0. The van der Waals surface area contributed by atoms with E-state index in [1.807, 2.05) is 0 Å². The van der Waals surface area contributed by atoms with E-state index >= 15 is 0 Å². The average Bonchev–Trinajstić information content (AvgIpc) is 3.34. The molecular formula is C63H112O5. The third kappa shape index (κ3) is 55.9. The predicted molar refractivity (Wildman–Crippen MR) is 297 cm³/mol. The number of carbonyl (C=O) groups excluding carboxylic acids is 2. The van der Waals surface area contributed by atoms with Gasteiger partial charge in [0.15, 0.2) is 6.10 Å². The molecule has 5 heteroatoms. The number of hydrogen-bond acceptors (Lipinski definition) is 5. The number of allylic oxidation sites excluding steroid dienone is 12. The van der Waals surface area contributed by atoms with Crippen molar-refractivity contribution in [1.82, 2.24) is 0 Å². The van der Waals surface area contributed by atoms with E-state index in [1.54, 1.807) is 0 Å². The minimum Gasteiger partial charge on any atom is -0.462 e. The number of rotatable bonds is 54. The Hall–Kier alpha value is -2.66. The van der Waals surface area contributed by atoms with Gasteiger partial charge in [0.05, 0.1) is 6.61 Å². The van der Waals surface area contributed by atoms with Crippen molar-refractivity contribution in [3.8, 4) is 0 Å². The van der Waals surface area contributed by atoms with Crippen molar-refractivity contribution in [2.75, 3.05) is 19.8 Å². The Morgan fingerprint density at radius 2 is 0.676 bits per heavy atom. The van der Waals surface area contributed by atoms with Gasteiger partial charge in [-0.2, -0.15) is 0 Å². The Kier molecular flexibility index (Phi) is 56.4. The van der Waals surface area contributed by atoms with E-state index in [1.165, 1.54) is 186 Å². The number of esters is 2. The molecule has 68 heavy (non-hydrogen) atoms. The summed E-state index contributed by atoms with van der Waals surface area (Å²) in [6.07, 6.45) is 76.5. The highest BCUT2D eigenvalue weighted by molar-refractivity contribution is 5.70. The topological polar surface area (TPSA) is 61.8 Å². The maximum Gasteiger partial charge on any atom is 0.306 e. The van der Waals surface area contributed by atoms with Crippen LogP contribution in [0.1, 0.15) is 290 Å². The van der Waals surface area contributed by atoms with E-state index < -0.39 is 6.10 Å². The Morgan fingerprint density at radius 1 is 0.338 bits per heavy atom. The number of unbranched alkanes of at least 4 members (excludes halogenated alkanes) is 31. The van der Waals surface area contributed by atoms with Crippen molar-refractivity contribution in [2.45, 2.75) is 297 Å². The summed E-state index contributed by atoms with van der Waals surface area (Å²) in [4.78, 5) is 25.5. The normalized spacial score (nSPS) is 12.7. The zero-order valence-electron chi connectivity index (χ0n) is 45.4. The maximum atomic E-state index is 12.9. The van der Waals surface area contributed by atoms with Gasteiger partial charge in [0, 0.05) is 19.4 Å². The van der Waals surface area contributed by atoms with Gasteiger partial charge in [0.2, 0.25) is 0 Å². The fraction of sp³-hybridized carbons (Fsp3) is 0.778. The van der Waals surface area contributed by atoms with Crippen LogP contribution in [0.4, 0.5) is 0 Å². The van der Waals surface area contributed by atoms with E-state index in [2.05, 4.69) is 93.7 Å². The van der Waals surface area contributed by atoms with Gasteiger partial charge >= 0.3 is 11.9 Å². The van der Waals surface area contributed by atoms with Gasteiger partial charge in [-0.3, -0.25) is 9.59 Å². The molecular weight excluding hydrogens is 837 g/mol. The SMILES string of the molecule is CC/C=C\C/C=C\C/C=C\C/C=C\C/C=C\CCCC(=O)OCC(COCCCCCCCCCCCC/C=C\CCCCCCCC)OC(=O)CCCCCCCCCCCCCCCCC. The van der Waals surface area contributed by atoms with Crippen molar-refractivity contribution >= 4 is 11.9 Å². The first-order valence-electron chi connectivity index (χ1n) is 29.5. The van der Waals surface area contributed by atoms with E-state index in [-0.39, 0.29) is 25.2 Å². The average molecular weight is 950 g/mol. The Bertz CT molecular complexity index is 1210. The largest absolute Gasteiger partial charge is 0.462 e. The quantitative estimate of drug-likeness (QED) is 0.0345. The van der Waals surface area contributed by atoms with Gasteiger partial charge in [-0.25, -0.2) is 0 Å². The molecule has 0 N–H and O–H groups in total. The molecule has 0 fully saturated rings. The summed E-state index contributed by atoms with van der Waals surface area (Å²) in [5.41, 5.74) is 0. The molecule has 0 bridgehead atoms. The van der Waals surface area contributed by atoms with Crippen LogP contribution in [0.5, 0.6) is 0 Å². The number of carbonyl (C=O) groups is 2. The molecule has 1 atom stereocenters. The Morgan fingerprint density at radius 3 is 1.12 bits per heavy atom. The van der Waals surface area contributed by atoms with Gasteiger partial charge in [0.1, 0.15) is 6.61 Å². The molecule has 1 unspecified atom stereocenters. The zero-order chi connectivity index (χ0) is 49.2. The van der Waals surface area contributed by atoms with Crippen LogP contribution in [0.2, 0.25) is 0 Å². The second-order valence-electron chi connectivity index (χ2n) is 19.5. The van der Waals surface area contributed by atoms with E-state index in [0.29, 0.717) is 19.4 Å². The predicted octanol–water partition coefficient (Wildman–Crippen LogP) is 20.2. The molecule has 0 aromatic rings. The molecule has 0 amide bonds. The standard InChI is InChI=1S/C63H112O5/c1-4-7-10-13-16-19-22-25-28-30-31-32-34-37-40-43-46-49-52-55-58-66-59-61(68-63(65)57-54-51-48-45-42-39-35-27-24-21-18-15-12-9-6-3)60-67-62(64)56-53-50-47-44-41-38-36-33-29-26-23-20-17-14-11-8-5-2/h8,11,17,20,25-26,28-29,36,38,44,47,61H,4-7,9-10,12-16,18-19,21-24,27,30-35,37,39-43,45-46,48-60H2,1-3H3/b11-8-,20-17-,28-25-,29-26-,38-36-,47-44-. The first-order chi connectivity index (χ1) is 33.6. The lowest BCUT2D eigenvalue weighted by Crippen LogP contribution is -2.30. The lowest BCUT2D eigenvalue weighted by molar-refractivity contribution is -0.163. The van der Waals surface area contributed by atoms with E-state index in [4.69, 9.17) is 14.2 Å². The van der Waals surface area contributed by atoms with Crippen LogP contribution in [0, 0.1) is 0 Å². The third-order valence-electron chi connectivity index (χ3n) is 12.7. The van der Waals surface area contributed by atoms with Crippen molar-refractivity contribution < 1.29 is 23.8 Å². The summed E-state index contributed by atoms with van der Waals surface area (Å²) < 4.78 is 17.4. The Labute approximate surface area is 423 Å². The number of ether oxygens (including phenoxy) is 3. The minimum absolute atomic E-state index is 0.0566. The summed E-state index contributed by atoms with van der Waals surface area (Å²) in [6, 6.07) is 0. The monoisotopic (exact) mass is 949 g/mol. The summed E-state index contributed by atoms with van der Waals surface area (Å²) in [5, 5.41) is 0. The van der Waals surface area contributed by atoms with Crippen LogP contribution in [-0.4, -0.2) is 37.9 Å². The van der Waals surface area contributed by atoms with Gasteiger partial charge in [0.25, 0.3) is 0 Å². The number of hydrogen-bond donors (Lipinski definition) is 0. The maximum absolute atomic E-state index is 12.9. The first kappa shape index (κ1) is 65.3. The molecule has 0 aliphatic heterocycles. The molecule has 0 aliphatic carbocycles. The molecule has 0 saturated heterocycles. The summed E-state index contributed by atoms with van der Waals surface area (Å²) in [7, 11) is 0. The molecule has 0 rings (SSSR count). The van der Waals surface area contributed by atoms with E-state index in [9.17, 15) is 9.59 Å². The van der Waals surface area contributed by atoms with E-state index in [0.717, 1.165) is 70.6 Å². The summed E-state index contributed by atoms with van der Waals surface area (Å²) >= 11 is 0. The molecule has 0 heterocycles. The fourth-order valence-electron chi connectivity index (χ4n) is 8.37. The second kappa shape index (κ2) is 58.7. The summed E-state index contributed by atoms with van der Waals surface area (Å²) in [6.45, 7) is 7.69. The lowest BCUT2D eigenvalue weighted by Gasteiger charge is -2.18. The molecule has 5 nitrogen and oxygen atoms in total. The smallest absolute Gasteiger partial charge is 0.306 e.